The van der Waals surface area contributed by atoms with E-state index in [9.17, 15) is 14.4 Å². The predicted molar refractivity (Wildman–Crippen MR) is 95.8 cm³/mol. The highest BCUT2D eigenvalue weighted by Crippen LogP contribution is 2.33. The smallest absolute Gasteiger partial charge is 0.255 e. The van der Waals surface area contributed by atoms with E-state index in [1.165, 1.54) is 0 Å². The lowest BCUT2D eigenvalue weighted by Crippen LogP contribution is -2.46. The Hall–Kier alpha value is -2.83. The molecule has 1 fully saturated rings. The van der Waals surface area contributed by atoms with Gasteiger partial charge in [0.15, 0.2) is 0 Å². The van der Waals surface area contributed by atoms with Crippen LogP contribution in [0, 0.1) is 0 Å². The van der Waals surface area contributed by atoms with Crippen molar-refractivity contribution in [1.29, 1.82) is 0 Å². The summed E-state index contributed by atoms with van der Waals surface area (Å²) in [7, 11) is 0. The first-order valence-electron chi connectivity index (χ1n) is 8.75. The van der Waals surface area contributed by atoms with Gasteiger partial charge in [0.05, 0.1) is 18.7 Å². The van der Waals surface area contributed by atoms with Gasteiger partial charge in [-0.25, -0.2) is 0 Å². The molecule has 1 saturated heterocycles. The summed E-state index contributed by atoms with van der Waals surface area (Å²) in [6.07, 6.45) is 2.90. The SMILES string of the molecule is C=CCNC(=O)CN1CC[C@@]2(CCC1=O)CNC(=O)c1ccccc1O2. The van der Waals surface area contributed by atoms with Crippen LogP contribution >= 0.6 is 0 Å². The van der Waals surface area contributed by atoms with Gasteiger partial charge in [0, 0.05) is 25.9 Å². The molecule has 3 rings (SSSR count). The van der Waals surface area contributed by atoms with E-state index in [0.29, 0.717) is 43.8 Å². The highest BCUT2D eigenvalue weighted by Gasteiger charge is 2.40. The van der Waals surface area contributed by atoms with Crippen molar-refractivity contribution < 1.29 is 19.1 Å². The van der Waals surface area contributed by atoms with Crippen LogP contribution in [0.1, 0.15) is 29.6 Å². The molecule has 2 aliphatic heterocycles. The standard InChI is InChI=1S/C19H23N3O4/c1-2-10-20-16(23)12-22-11-9-19(8-7-17(22)24)13-21-18(25)14-5-3-4-6-15(14)26-19/h2-6H,1,7-13H2,(H,20,23)(H,21,25)/t19-/m0/s1. The number of para-hydroxylation sites is 1. The van der Waals surface area contributed by atoms with E-state index in [0.717, 1.165) is 0 Å². The number of ether oxygens (including phenoxy) is 1. The minimum atomic E-state index is -0.649. The van der Waals surface area contributed by atoms with Crippen molar-refractivity contribution in [1.82, 2.24) is 15.5 Å². The average Bonchev–Trinajstić information content (AvgIpc) is 2.88. The van der Waals surface area contributed by atoms with Crippen LogP contribution in [0.25, 0.3) is 0 Å². The van der Waals surface area contributed by atoms with E-state index in [-0.39, 0.29) is 30.7 Å². The highest BCUT2D eigenvalue weighted by atomic mass is 16.5. The van der Waals surface area contributed by atoms with Crippen LogP contribution in [0.15, 0.2) is 36.9 Å². The first-order chi connectivity index (χ1) is 12.5. The van der Waals surface area contributed by atoms with Crippen LogP contribution in [-0.2, 0) is 9.59 Å². The summed E-state index contributed by atoms with van der Waals surface area (Å²) in [6.45, 7) is 4.68. The van der Waals surface area contributed by atoms with Crippen molar-refractivity contribution in [2.45, 2.75) is 24.9 Å². The number of nitrogens with zero attached hydrogens (tertiary/aromatic N) is 1. The predicted octanol–water partition coefficient (Wildman–Crippen LogP) is 0.862. The molecule has 7 heteroatoms. The lowest BCUT2D eigenvalue weighted by atomic mass is 9.94. The third-order valence-electron chi connectivity index (χ3n) is 4.79. The number of carbonyl (C=O) groups excluding carboxylic acids is 3. The second kappa shape index (κ2) is 7.59. The Morgan fingerprint density at radius 3 is 2.96 bits per heavy atom. The van der Waals surface area contributed by atoms with Crippen molar-refractivity contribution in [2.24, 2.45) is 0 Å². The molecule has 0 saturated carbocycles. The monoisotopic (exact) mass is 357 g/mol. The Balaban J connectivity index is 1.73. The fourth-order valence-electron chi connectivity index (χ4n) is 3.29. The van der Waals surface area contributed by atoms with E-state index in [4.69, 9.17) is 4.74 Å². The van der Waals surface area contributed by atoms with Crippen LogP contribution in [0.3, 0.4) is 0 Å². The van der Waals surface area contributed by atoms with Gasteiger partial charge in [0.25, 0.3) is 5.91 Å². The zero-order chi connectivity index (χ0) is 18.6. The van der Waals surface area contributed by atoms with E-state index in [2.05, 4.69) is 17.2 Å². The molecule has 2 heterocycles. The first-order valence-corrected chi connectivity index (χ1v) is 8.75. The van der Waals surface area contributed by atoms with Crippen LogP contribution < -0.4 is 15.4 Å². The number of nitrogens with one attached hydrogen (secondary N) is 2. The van der Waals surface area contributed by atoms with Gasteiger partial charge in [0.1, 0.15) is 11.4 Å². The summed E-state index contributed by atoms with van der Waals surface area (Å²) < 4.78 is 6.23. The number of rotatable bonds is 4. The summed E-state index contributed by atoms with van der Waals surface area (Å²) in [6, 6.07) is 7.11. The average molecular weight is 357 g/mol. The summed E-state index contributed by atoms with van der Waals surface area (Å²) in [5.74, 6) is 0.0681. The maximum atomic E-state index is 12.4. The summed E-state index contributed by atoms with van der Waals surface area (Å²) in [5, 5.41) is 5.58. The first kappa shape index (κ1) is 18.0. The Morgan fingerprint density at radius 2 is 2.15 bits per heavy atom. The van der Waals surface area contributed by atoms with E-state index in [1.54, 1.807) is 29.2 Å². The summed E-state index contributed by atoms with van der Waals surface area (Å²) >= 11 is 0. The Morgan fingerprint density at radius 1 is 1.35 bits per heavy atom. The molecule has 3 amide bonds. The molecule has 1 aromatic carbocycles. The molecule has 0 aromatic heterocycles. The van der Waals surface area contributed by atoms with Crippen LogP contribution in [0.4, 0.5) is 0 Å². The number of carbonyl (C=O) groups is 3. The maximum absolute atomic E-state index is 12.4. The zero-order valence-electron chi connectivity index (χ0n) is 14.6. The number of amides is 3. The quantitative estimate of drug-likeness (QED) is 0.783. The molecule has 1 atom stereocenters. The van der Waals surface area contributed by atoms with E-state index < -0.39 is 5.60 Å². The Bertz CT molecular complexity index is 733. The number of benzene rings is 1. The molecule has 1 aromatic rings. The number of likely N-dealkylation sites (tertiary alicyclic amines) is 1. The van der Waals surface area contributed by atoms with E-state index in [1.807, 2.05) is 6.07 Å². The summed E-state index contributed by atoms with van der Waals surface area (Å²) in [5.41, 5.74) is -0.148. The zero-order valence-corrected chi connectivity index (χ0v) is 14.6. The van der Waals surface area contributed by atoms with E-state index >= 15 is 0 Å². The second-order valence-electron chi connectivity index (χ2n) is 6.62. The van der Waals surface area contributed by atoms with Crippen molar-refractivity contribution in [3.63, 3.8) is 0 Å². The van der Waals surface area contributed by atoms with Crippen LogP contribution in [0.2, 0.25) is 0 Å². The molecule has 0 unspecified atom stereocenters. The Labute approximate surface area is 152 Å². The van der Waals surface area contributed by atoms with Gasteiger partial charge in [-0.05, 0) is 18.6 Å². The minimum Gasteiger partial charge on any atom is -0.485 e. The number of hydrogen-bond donors (Lipinski definition) is 2. The molecule has 7 nitrogen and oxygen atoms in total. The fourth-order valence-corrected chi connectivity index (χ4v) is 3.29. The number of hydrogen-bond acceptors (Lipinski definition) is 4. The van der Waals surface area contributed by atoms with Crippen molar-refractivity contribution in [2.75, 3.05) is 26.2 Å². The lowest BCUT2D eigenvalue weighted by molar-refractivity contribution is -0.135. The van der Waals surface area contributed by atoms with Gasteiger partial charge in [-0.2, -0.15) is 0 Å². The normalized spacial score (nSPS) is 22.5. The van der Waals surface area contributed by atoms with Gasteiger partial charge in [0.2, 0.25) is 11.8 Å². The maximum Gasteiger partial charge on any atom is 0.255 e. The van der Waals surface area contributed by atoms with Crippen molar-refractivity contribution in [3.05, 3.63) is 42.5 Å². The van der Waals surface area contributed by atoms with Gasteiger partial charge >= 0.3 is 0 Å². The van der Waals surface area contributed by atoms with Crippen molar-refractivity contribution >= 4 is 17.7 Å². The molecule has 138 valence electrons. The molecular formula is C19H23N3O4. The lowest BCUT2D eigenvalue weighted by Gasteiger charge is -2.32. The molecule has 0 bridgehead atoms. The third kappa shape index (κ3) is 3.87. The van der Waals surface area contributed by atoms with Crippen LogP contribution in [-0.4, -0.2) is 54.4 Å². The van der Waals surface area contributed by atoms with Gasteiger partial charge in [-0.3, -0.25) is 14.4 Å². The second-order valence-corrected chi connectivity index (χ2v) is 6.62. The summed E-state index contributed by atoms with van der Waals surface area (Å²) in [4.78, 5) is 38.2. The van der Waals surface area contributed by atoms with Gasteiger partial charge < -0.3 is 20.3 Å². The topological polar surface area (TPSA) is 87.7 Å². The molecule has 0 aliphatic carbocycles. The van der Waals surface area contributed by atoms with Gasteiger partial charge in [-0.15, -0.1) is 6.58 Å². The largest absolute Gasteiger partial charge is 0.485 e. The van der Waals surface area contributed by atoms with Crippen LogP contribution in [0.5, 0.6) is 5.75 Å². The molecule has 2 aliphatic rings. The minimum absolute atomic E-state index is 0.0195. The molecule has 1 spiro atoms. The third-order valence-corrected chi connectivity index (χ3v) is 4.79. The Kier molecular flexibility index (Phi) is 5.25. The molecule has 2 N–H and O–H groups in total. The molecule has 26 heavy (non-hydrogen) atoms. The van der Waals surface area contributed by atoms with Crippen molar-refractivity contribution in [3.8, 4) is 5.75 Å². The van der Waals surface area contributed by atoms with Gasteiger partial charge in [-0.1, -0.05) is 18.2 Å². The molecular weight excluding hydrogens is 334 g/mol. The highest BCUT2D eigenvalue weighted by molar-refractivity contribution is 5.97. The molecule has 0 radical (unpaired) electrons. The number of fused-ring (bicyclic) bond motifs is 1. The fraction of sp³-hybridized carbons (Fsp3) is 0.421.